The molecule has 22 heavy (non-hydrogen) atoms. The van der Waals surface area contributed by atoms with Crippen molar-refractivity contribution >= 4 is 17.5 Å². The molecule has 1 fully saturated rings. The molecule has 1 aromatic carbocycles. The van der Waals surface area contributed by atoms with Crippen molar-refractivity contribution in [1.29, 1.82) is 0 Å². The van der Waals surface area contributed by atoms with Crippen molar-refractivity contribution in [2.45, 2.75) is 25.8 Å². The number of likely N-dealkylation sites (tertiary alicyclic amines) is 1. The van der Waals surface area contributed by atoms with Crippen LogP contribution in [0.2, 0.25) is 0 Å². The Morgan fingerprint density at radius 3 is 2.77 bits per heavy atom. The number of nitrogens with one attached hydrogen (secondary N) is 2. The van der Waals surface area contributed by atoms with Crippen LogP contribution >= 0.6 is 0 Å². The Bertz CT molecular complexity index is 566. The second-order valence-corrected chi connectivity index (χ2v) is 5.21. The highest BCUT2D eigenvalue weighted by molar-refractivity contribution is 6.39. The van der Waals surface area contributed by atoms with Gasteiger partial charge in [0.1, 0.15) is 11.6 Å². The van der Waals surface area contributed by atoms with Crippen molar-refractivity contribution in [3.8, 4) is 0 Å². The Morgan fingerprint density at radius 1 is 1.32 bits per heavy atom. The molecule has 0 spiro atoms. The molecule has 0 bridgehead atoms. The van der Waals surface area contributed by atoms with E-state index in [2.05, 4.69) is 15.5 Å². The molecule has 2 rings (SSSR count). The number of halogens is 2. The summed E-state index contributed by atoms with van der Waals surface area (Å²) in [5, 5.41) is 4.68. The molecule has 0 radical (unpaired) electrons. The van der Waals surface area contributed by atoms with Gasteiger partial charge in [-0.25, -0.2) is 8.78 Å². The lowest BCUT2D eigenvalue weighted by Gasteiger charge is -2.22. The molecule has 7 heteroatoms. The van der Waals surface area contributed by atoms with Crippen LogP contribution in [0.1, 0.15) is 19.8 Å². The van der Waals surface area contributed by atoms with Gasteiger partial charge in [-0.3, -0.25) is 14.5 Å². The second-order valence-electron chi connectivity index (χ2n) is 5.21. The van der Waals surface area contributed by atoms with Gasteiger partial charge in [-0.1, -0.05) is 6.92 Å². The molecular formula is C15H19F2N3O2. The maximum absolute atomic E-state index is 13.4. The van der Waals surface area contributed by atoms with Crippen LogP contribution in [0.15, 0.2) is 18.2 Å². The Labute approximate surface area is 127 Å². The molecule has 1 saturated heterocycles. The lowest BCUT2D eigenvalue weighted by atomic mass is 10.2. The standard InChI is InChI=1S/C15H19F2N3O2/c1-2-20-7-3-4-11(20)9-18-14(21)15(22)19-13-6-5-10(16)8-12(13)17/h5-6,8,11H,2-4,7,9H2,1H3,(H,18,21)(H,19,22)/t11-/m0/s1. The Morgan fingerprint density at radius 2 is 2.09 bits per heavy atom. The minimum absolute atomic E-state index is 0.224. The van der Waals surface area contributed by atoms with E-state index < -0.39 is 23.4 Å². The third kappa shape index (κ3) is 4.00. The highest BCUT2D eigenvalue weighted by Gasteiger charge is 2.24. The molecule has 2 N–H and O–H groups in total. The molecule has 0 aromatic heterocycles. The molecule has 1 aromatic rings. The minimum Gasteiger partial charge on any atom is -0.346 e. The smallest absolute Gasteiger partial charge is 0.313 e. The topological polar surface area (TPSA) is 61.4 Å². The normalized spacial score (nSPS) is 18.2. The van der Waals surface area contributed by atoms with Crippen LogP contribution in [0, 0.1) is 11.6 Å². The van der Waals surface area contributed by atoms with Gasteiger partial charge in [0.15, 0.2) is 0 Å². The van der Waals surface area contributed by atoms with Crippen LogP contribution in [-0.2, 0) is 9.59 Å². The number of anilines is 1. The fourth-order valence-electron chi connectivity index (χ4n) is 2.60. The summed E-state index contributed by atoms with van der Waals surface area (Å²) >= 11 is 0. The number of nitrogens with zero attached hydrogens (tertiary/aromatic N) is 1. The zero-order valence-corrected chi connectivity index (χ0v) is 12.4. The molecule has 0 aliphatic carbocycles. The molecule has 1 atom stereocenters. The van der Waals surface area contributed by atoms with Crippen LogP contribution in [-0.4, -0.2) is 42.4 Å². The highest BCUT2D eigenvalue weighted by Crippen LogP contribution is 2.16. The highest BCUT2D eigenvalue weighted by atomic mass is 19.1. The third-order valence-electron chi connectivity index (χ3n) is 3.79. The van der Waals surface area contributed by atoms with Gasteiger partial charge in [0, 0.05) is 18.7 Å². The number of hydrogen-bond donors (Lipinski definition) is 2. The van der Waals surface area contributed by atoms with E-state index in [9.17, 15) is 18.4 Å². The zero-order valence-electron chi connectivity index (χ0n) is 12.4. The molecule has 1 aliphatic rings. The number of carbonyl (C=O) groups is 2. The molecule has 2 amide bonds. The first kappa shape index (κ1) is 16.4. The van der Waals surface area contributed by atoms with Gasteiger partial charge in [0.25, 0.3) is 0 Å². The zero-order chi connectivity index (χ0) is 16.1. The lowest BCUT2D eigenvalue weighted by Crippen LogP contribution is -2.43. The molecule has 0 unspecified atom stereocenters. The molecule has 1 heterocycles. The van der Waals surface area contributed by atoms with E-state index in [1.807, 2.05) is 6.92 Å². The van der Waals surface area contributed by atoms with Crippen molar-refractivity contribution in [3.63, 3.8) is 0 Å². The Balaban J connectivity index is 1.85. The van der Waals surface area contributed by atoms with E-state index in [4.69, 9.17) is 0 Å². The van der Waals surface area contributed by atoms with Gasteiger partial charge in [0.2, 0.25) is 0 Å². The van der Waals surface area contributed by atoms with E-state index in [1.54, 1.807) is 0 Å². The van der Waals surface area contributed by atoms with Crippen molar-refractivity contribution in [1.82, 2.24) is 10.2 Å². The summed E-state index contributed by atoms with van der Waals surface area (Å²) in [6, 6.07) is 2.95. The number of likely N-dealkylation sites (N-methyl/N-ethyl adjacent to an activating group) is 1. The molecular weight excluding hydrogens is 292 g/mol. The number of carbonyl (C=O) groups excluding carboxylic acids is 2. The van der Waals surface area contributed by atoms with Gasteiger partial charge >= 0.3 is 11.8 Å². The van der Waals surface area contributed by atoms with Crippen LogP contribution in [0.3, 0.4) is 0 Å². The average Bonchev–Trinajstić information content (AvgIpc) is 2.95. The number of hydrogen-bond acceptors (Lipinski definition) is 3. The summed E-state index contributed by atoms with van der Waals surface area (Å²) in [4.78, 5) is 25.7. The monoisotopic (exact) mass is 311 g/mol. The maximum Gasteiger partial charge on any atom is 0.313 e. The number of benzene rings is 1. The van der Waals surface area contributed by atoms with Gasteiger partial charge in [-0.2, -0.15) is 0 Å². The number of rotatable bonds is 4. The molecule has 1 aliphatic heterocycles. The second kappa shape index (κ2) is 7.31. The Kier molecular flexibility index (Phi) is 5.43. The largest absolute Gasteiger partial charge is 0.346 e. The van der Waals surface area contributed by atoms with E-state index in [0.717, 1.165) is 38.1 Å². The summed E-state index contributed by atoms with van der Waals surface area (Å²) < 4.78 is 26.2. The van der Waals surface area contributed by atoms with Crippen molar-refractivity contribution in [3.05, 3.63) is 29.8 Å². The van der Waals surface area contributed by atoms with E-state index in [1.165, 1.54) is 0 Å². The van der Waals surface area contributed by atoms with Gasteiger partial charge < -0.3 is 10.6 Å². The van der Waals surface area contributed by atoms with Crippen LogP contribution in [0.5, 0.6) is 0 Å². The van der Waals surface area contributed by atoms with Gasteiger partial charge in [-0.05, 0) is 38.1 Å². The first-order valence-corrected chi connectivity index (χ1v) is 7.29. The predicted octanol–water partition coefficient (Wildman–Crippen LogP) is 1.50. The van der Waals surface area contributed by atoms with Crippen molar-refractivity contribution in [2.24, 2.45) is 0 Å². The number of amides is 2. The summed E-state index contributed by atoms with van der Waals surface area (Å²) in [6.45, 7) is 4.31. The summed E-state index contributed by atoms with van der Waals surface area (Å²) in [7, 11) is 0. The first-order valence-electron chi connectivity index (χ1n) is 7.29. The third-order valence-corrected chi connectivity index (χ3v) is 3.79. The maximum atomic E-state index is 13.4. The molecule has 5 nitrogen and oxygen atoms in total. The van der Waals surface area contributed by atoms with Gasteiger partial charge in [-0.15, -0.1) is 0 Å². The van der Waals surface area contributed by atoms with Crippen LogP contribution in [0.4, 0.5) is 14.5 Å². The van der Waals surface area contributed by atoms with Gasteiger partial charge in [0.05, 0.1) is 5.69 Å². The lowest BCUT2D eigenvalue weighted by molar-refractivity contribution is -0.136. The quantitative estimate of drug-likeness (QED) is 0.829. The van der Waals surface area contributed by atoms with E-state index in [-0.39, 0.29) is 11.7 Å². The fourth-order valence-corrected chi connectivity index (χ4v) is 2.60. The summed E-state index contributed by atoms with van der Waals surface area (Å²) in [6.07, 6.45) is 2.05. The Hall–Kier alpha value is -2.02. The van der Waals surface area contributed by atoms with Crippen LogP contribution < -0.4 is 10.6 Å². The summed E-state index contributed by atoms with van der Waals surface area (Å²) in [5.41, 5.74) is -0.224. The minimum atomic E-state index is -0.966. The SMILES string of the molecule is CCN1CCC[C@H]1CNC(=O)C(=O)Nc1ccc(F)cc1F. The van der Waals surface area contributed by atoms with Crippen molar-refractivity contribution in [2.75, 3.05) is 25.0 Å². The molecule has 120 valence electrons. The summed E-state index contributed by atoms with van der Waals surface area (Å²) in [5.74, 6) is -3.46. The van der Waals surface area contributed by atoms with E-state index >= 15 is 0 Å². The molecule has 0 saturated carbocycles. The predicted molar refractivity (Wildman–Crippen MR) is 78.3 cm³/mol. The van der Waals surface area contributed by atoms with Crippen molar-refractivity contribution < 1.29 is 18.4 Å². The first-order chi connectivity index (χ1) is 10.5. The van der Waals surface area contributed by atoms with E-state index in [0.29, 0.717) is 12.6 Å². The average molecular weight is 311 g/mol. The van der Waals surface area contributed by atoms with Crippen LogP contribution in [0.25, 0.3) is 0 Å². The fraction of sp³-hybridized carbons (Fsp3) is 0.467.